The van der Waals surface area contributed by atoms with Gasteiger partial charge in [-0.3, -0.25) is 0 Å². The second-order valence-electron chi connectivity index (χ2n) is 6.31. The summed E-state index contributed by atoms with van der Waals surface area (Å²) in [6.45, 7) is 8.05. The fourth-order valence-corrected chi connectivity index (χ4v) is 2.98. The molecule has 3 heteroatoms. The van der Waals surface area contributed by atoms with Gasteiger partial charge in [0.05, 0.1) is 13.2 Å². The molecule has 1 aromatic carbocycles. The summed E-state index contributed by atoms with van der Waals surface area (Å²) in [6.07, 6.45) is 0.988. The zero-order valence-electron chi connectivity index (χ0n) is 11.3. The number of hydrogen-bond acceptors (Lipinski definition) is 3. The molecular weight excluding hydrogens is 226 g/mol. The summed E-state index contributed by atoms with van der Waals surface area (Å²) in [5, 5.41) is 0. The van der Waals surface area contributed by atoms with Gasteiger partial charge in [-0.05, 0) is 35.1 Å². The molecule has 2 atom stereocenters. The van der Waals surface area contributed by atoms with Crippen LogP contribution in [0.1, 0.15) is 44.4 Å². The molecule has 1 aliphatic carbocycles. The van der Waals surface area contributed by atoms with Crippen LogP contribution in [0.5, 0.6) is 11.5 Å². The van der Waals surface area contributed by atoms with Gasteiger partial charge in [-0.2, -0.15) is 0 Å². The van der Waals surface area contributed by atoms with E-state index in [-0.39, 0.29) is 11.5 Å². The third-order valence-electron chi connectivity index (χ3n) is 4.02. The molecule has 0 bridgehead atoms. The molecule has 0 radical (unpaired) electrons. The maximum Gasteiger partial charge on any atom is 0.161 e. The van der Waals surface area contributed by atoms with E-state index in [1.54, 1.807) is 0 Å². The van der Waals surface area contributed by atoms with E-state index in [1.165, 1.54) is 11.1 Å². The maximum absolute atomic E-state index is 6.23. The van der Waals surface area contributed by atoms with E-state index in [4.69, 9.17) is 15.2 Å². The average molecular weight is 247 g/mol. The molecule has 1 aromatic rings. The Kier molecular flexibility index (Phi) is 2.56. The summed E-state index contributed by atoms with van der Waals surface area (Å²) in [7, 11) is 0. The van der Waals surface area contributed by atoms with Crippen molar-refractivity contribution in [2.75, 3.05) is 13.2 Å². The topological polar surface area (TPSA) is 44.5 Å². The SMILES string of the molecule is CC1COc2cc3c(cc2OC1)C(C)(C)C[C@@H]3N. The minimum atomic E-state index is 0.115. The van der Waals surface area contributed by atoms with Gasteiger partial charge in [-0.1, -0.05) is 20.8 Å². The van der Waals surface area contributed by atoms with Crippen molar-refractivity contribution in [3.05, 3.63) is 23.3 Å². The molecule has 0 aromatic heterocycles. The zero-order valence-corrected chi connectivity index (χ0v) is 11.3. The Bertz CT molecular complexity index is 482. The molecule has 98 valence electrons. The Hall–Kier alpha value is -1.22. The number of nitrogens with two attached hydrogens (primary N) is 1. The van der Waals surface area contributed by atoms with Crippen LogP contribution >= 0.6 is 0 Å². The van der Waals surface area contributed by atoms with Crippen LogP contribution in [0.4, 0.5) is 0 Å². The second kappa shape index (κ2) is 3.89. The van der Waals surface area contributed by atoms with Crippen LogP contribution in [0.25, 0.3) is 0 Å². The first kappa shape index (κ1) is 11.8. The van der Waals surface area contributed by atoms with Crippen molar-refractivity contribution < 1.29 is 9.47 Å². The first-order valence-electron chi connectivity index (χ1n) is 6.67. The van der Waals surface area contributed by atoms with Crippen molar-refractivity contribution in [2.45, 2.75) is 38.6 Å². The molecule has 0 saturated carbocycles. The lowest BCUT2D eigenvalue weighted by Gasteiger charge is -2.20. The average Bonchev–Trinajstić information content (AvgIpc) is 2.47. The first-order valence-corrected chi connectivity index (χ1v) is 6.67. The summed E-state index contributed by atoms with van der Waals surface area (Å²) in [5.41, 5.74) is 8.89. The molecule has 0 spiro atoms. The molecule has 0 fully saturated rings. The quantitative estimate of drug-likeness (QED) is 0.766. The van der Waals surface area contributed by atoms with Crippen LogP contribution in [0.15, 0.2) is 12.1 Å². The molecule has 1 unspecified atom stereocenters. The Morgan fingerprint density at radius 1 is 1.17 bits per heavy atom. The molecular formula is C15H21NO2. The van der Waals surface area contributed by atoms with Crippen LogP contribution in [-0.2, 0) is 5.41 Å². The van der Waals surface area contributed by atoms with Crippen molar-refractivity contribution in [1.29, 1.82) is 0 Å². The van der Waals surface area contributed by atoms with Crippen molar-refractivity contribution in [1.82, 2.24) is 0 Å². The molecule has 2 N–H and O–H groups in total. The van der Waals surface area contributed by atoms with Gasteiger partial charge in [-0.15, -0.1) is 0 Å². The highest BCUT2D eigenvalue weighted by molar-refractivity contribution is 5.53. The molecule has 18 heavy (non-hydrogen) atoms. The van der Waals surface area contributed by atoms with Crippen LogP contribution < -0.4 is 15.2 Å². The van der Waals surface area contributed by atoms with Gasteiger partial charge in [0.15, 0.2) is 11.5 Å². The highest BCUT2D eigenvalue weighted by Crippen LogP contribution is 2.48. The Morgan fingerprint density at radius 3 is 2.44 bits per heavy atom. The smallest absolute Gasteiger partial charge is 0.161 e. The predicted octanol–water partition coefficient (Wildman–Crippen LogP) is 2.78. The lowest BCUT2D eigenvalue weighted by atomic mass is 9.86. The number of rotatable bonds is 0. The van der Waals surface area contributed by atoms with Gasteiger partial charge in [-0.25, -0.2) is 0 Å². The van der Waals surface area contributed by atoms with Crippen LogP contribution in [-0.4, -0.2) is 13.2 Å². The van der Waals surface area contributed by atoms with Gasteiger partial charge in [0.25, 0.3) is 0 Å². The molecule has 1 heterocycles. The standard InChI is InChI=1S/C15H21NO2/c1-9-7-17-13-4-10-11(5-14(13)18-8-9)15(2,3)6-12(10)16/h4-5,9,12H,6-8,16H2,1-3H3/t9?,12-/m0/s1. The van der Waals surface area contributed by atoms with E-state index < -0.39 is 0 Å². The monoisotopic (exact) mass is 247 g/mol. The highest BCUT2D eigenvalue weighted by Gasteiger charge is 2.36. The van der Waals surface area contributed by atoms with E-state index in [0.717, 1.165) is 24.5 Å². The normalized spacial score (nSPS) is 28.7. The van der Waals surface area contributed by atoms with E-state index >= 15 is 0 Å². The van der Waals surface area contributed by atoms with Gasteiger partial charge in [0.2, 0.25) is 0 Å². The number of hydrogen-bond donors (Lipinski definition) is 1. The van der Waals surface area contributed by atoms with E-state index in [2.05, 4.69) is 32.9 Å². The van der Waals surface area contributed by atoms with E-state index in [9.17, 15) is 0 Å². The summed E-state index contributed by atoms with van der Waals surface area (Å²) in [5.74, 6) is 2.15. The minimum absolute atomic E-state index is 0.115. The summed E-state index contributed by atoms with van der Waals surface area (Å²) < 4.78 is 11.7. The first-order chi connectivity index (χ1) is 8.47. The van der Waals surface area contributed by atoms with Crippen molar-refractivity contribution in [3.8, 4) is 11.5 Å². The lowest BCUT2D eigenvalue weighted by Crippen LogP contribution is -2.14. The van der Waals surface area contributed by atoms with Gasteiger partial charge >= 0.3 is 0 Å². The predicted molar refractivity (Wildman–Crippen MR) is 71.2 cm³/mol. The van der Waals surface area contributed by atoms with Crippen LogP contribution in [0.3, 0.4) is 0 Å². The largest absolute Gasteiger partial charge is 0.489 e. The summed E-state index contributed by atoms with van der Waals surface area (Å²) in [6, 6.07) is 4.34. The fourth-order valence-electron chi connectivity index (χ4n) is 2.98. The van der Waals surface area contributed by atoms with Gasteiger partial charge < -0.3 is 15.2 Å². The Morgan fingerprint density at radius 2 is 1.78 bits per heavy atom. The van der Waals surface area contributed by atoms with Gasteiger partial charge in [0.1, 0.15) is 0 Å². The number of ether oxygens (including phenoxy) is 2. The molecule has 0 saturated heterocycles. The minimum Gasteiger partial charge on any atom is -0.489 e. The third-order valence-corrected chi connectivity index (χ3v) is 4.02. The molecule has 0 amide bonds. The maximum atomic E-state index is 6.23. The van der Waals surface area contributed by atoms with E-state index in [1.807, 2.05) is 0 Å². The summed E-state index contributed by atoms with van der Waals surface area (Å²) in [4.78, 5) is 0. The number of fused-ring (bicyclic) bond motifs is 2. The van der Waals surface area contributed by atoms with Crippen LogP contribution in [0, 0.1) is 5.92 Å². The number of benzene rings is 1. The third kappa shape index (κ3) is 1.77. The van der Waals surface area contributed by atoms with Gasteiger partial charge in [0, 0.05) is 12.0 Å². The zero-order chi connectivity index (χ0) is 12.9. The molecule has 2 aliphatic rings. The van der Waals surface area contributed by atoms with Crippen molar-refractivity contribution >= 4 is 0 Å². The second-order valence-corrected chi connectivity index (χ2v) is 6.31. The summed E-state index contributed by atoms with van der Waals surface area (Å²) >= 11 is 0. The fraction of sp³-hybridized carbons (Fsp3) is 0.600. The lowest BCUT2D eigenvalue weighted by molar-refractivity contribution is 0.228. The Balaban J connectivity index is 2.07. The molecule has 3 rings (SSSR count). The van der Waals surface area contributed by atoms with Crippen molar-refractivity contribution in [2.24, 2.45) is 11.7 Å². The van der Waals surface area contributed by atoms with E-state index in [0.29, 0.717) is 12.5 Å². The molecule has 3 nitrogen and oxygen atoms in total. The Labute approximate surface area is 108 Å². The molecule has 1 aliphatic heterocycles. The van der Waals surface area contributed by atoms with Crippen molar-refractivity contribution in [3.63, 3.8) is 0 Å². The van der Waals surface area contributed by atoms with Crippen LogP contribution in [0.2, 0.25) is 0 Å². The highest BCUT2D eigenvalue weighted by atomic mass is 16.5.